The number of allylic oxidation sites excluding steroid dienone is 2. The highest BCUT2D eigenvalue weighted by molar-refractivity contribution is 7.90. The zero-order valence-electron chi connectivity index (χ0n) is 10.3. The van der Waals surface area contributed by atoms with Crippen molar-refractivity contribution in [2.24, 2.45) is 0 Å². The maximum Gasteiger partial charge on any atom is 0.188 e. The van der Waals surface area contributed by atoms with Gasteiger partial charge in [0.15, 0.2) is 15.6 Å². The molecule has 3 nitrogen and oxygen atoms in total. The molecule has 1 aromatic rings. The number of benzene rings is 1. The Labute approximate surface area is 107 Å². The van der Waals surface area contributed by atoms with Crippen LogP contribution in [0.1, 0.15) is 36.0 Å². The predicted molar refractivity (Wildman–Crippen MR) is 70.4 cm³/mol. The van der Waals surface area contributed by atoms with Crippen LogP contribution in [-0.4, -0.2) is 20.5 Å². The summed E-state index contributed by atoms with van der Waals surface area (Å²) in [6, 6.07) is 6.27. The maximum atomic E-state index is 12.2. The second-order valence-electron chi connectivity index (χ2n) is 4.60. The van der Waals surface area contributed by atoms with Crippen LogP contribution in [0.5, 0.6) is 0 Å². The third kappa shape index (κ3) is 2.88. The maximum absolute atomic E-state index is 12.2. The number of hydrogen-bond acceptors (Lipinski definition) is 3. The predicted octanol–water partition coefficient (Wildman–Crippen LogP) is 2.77. The molecule has 0 N–H and O–H groups in total. The van der Waals surface area contributed by atoms with Gasteiger partial charge in [-0.2, -0.15) is 0 Å². The molecule has 18 heavy (non-hydrogen) atoms. The van der Waals surface area contributed by atoms with Crippen molar-refractivity contribution in [3.05, 3.63) is 41.5 Å². The van der Waals surface area contributed by atoms with Crippen LogP contribution < -0.4 is 0 Å². The molecule has 0 aliphatic heterocycles. The van der Waals surface area contributed by atoms with E-state index in [1.807, 2.05) is 6.08 Å². The number of ketones is 1. The van der Waals surface area contributed by atoms with E-state index in [0.29, 0.717) is 5.56 Å². The number of rotatable bonds is 3. The summed E-state index contributed by atoms with van der Waals surface area (Å²) in [5, 5.41) is 0. The van der Waals surface area contributed by atoms with E-state index >= 15 is 0 Å². The molecule has 1 aromatic carbocycles. The van der Waals surface area contributed by atoms with Crippen molar-refractivity contribution >= 4 is 15.6 Å². The molecule has 4 heteroatoms. The lowest BCUT2D eigenvalue weighted by atomic mass is 9.93. The topological polar surface area (TPSA) is 51.2 Å². The SMILES string of the molecule is CS(=O)(=O)c1cccc(C(=O)C2=CCCCC2)c1. The summed E-state index contributed by atoms with van der Waals surface area (Å²) in [6.45, 7) is 0. The van der Waals surface area contributed by atoms with Gasteiger partial charge in [0.05, 0.1) is 4.90 Å². The monoisotopic (exact) mass is 264 g/mol. The van der Waals surface area contributed by atoms with Gasteiger partial charge in [-0.1, -0.05) is 18.2 Å². The minimum atomic E-state index is -3.26. The molecule has 0 saturated heterocycles. The average Bonchev–Trinajstić information content (AvgIpc) is 2.38. The second-order valence-corrected chi connectivity index (χ2v) is 6.62. The highest BCUT2D eigenvalue weighted by Gasteiger charge is 2.16. The number of Topliss-reactive ketones (excluding diaryl/α,β-unsaturated/α-hetero) is 1. The van der Waals surface area contributed by atoms with E-state index in [4.69, 9.17) is 0 Å². The Morgan fingerprint density at radius 1 is 1.22 bits per heavy atom. The van der Waals surface area contributed by atoms with Gasteiger partial charge in [0.2, 0.25) is 0 Å². The molecule has 0 bridgehead atoms. The fourth-order valence-corrected chi connectivity index (χ4v) is 2.76. The van der Waals surface area contributed by atoms with Crippen molar-refractivity contribution in [3.8, 4) is 0 Å². The summed E-state index contributed by atoms with van der Waals surface area (Å²) < 4.78 is 22.9. The van der Waals surface area contributed by atoms with Gasteiger partial charge in [0.25, 0.3) is 0 Å². The van der Waals surface area contributed by atoms with Crippen LogP contribution in [-0.2, 0) is 9.84 Å². The van der Waals surface area contributed by atoms with Gasteiger partial charge in [0.1, 0.15) is 0 Å². The van der Waals surface area contributed by atoms with Crippen molar-refractivity contribution in [1.29, 1.82) is 0 Å². The van der Waals surface area contributed by atoms with E-state index in [1.54, 1.807) is 12.1 Å². The molecular formula is C14H16O3S. The summed E-state index contributed by atoms with van der Waals surface area (Å²) >= 11 is 0. The molecule has 0 amide bonds. The second kappa shape index (κ2) is 5.06. The van der Waals surface area contributed by atoms with Gasteiger partial charge in [-0.05, 0) is 43.4 Å². The Bertz CT molecular complexity index is 597. The van der Waals surface area contributed by atoms with Crippen LogP contribution in [0.25, 0.3) is 0 Å². The largest absolute Gasteiger partial charge is 0.289 e. The highest BCUT2D eigenvalue weighted by Crippen LogP contribution is 2.22. The molecule has 0 atom stereocenters. The summed E-state index contributed by atoms with van der Waals surface area (Å²) in [7, 11) is -3.26. The fourth-order valence-electron chi connectivity index (χ4n) is 2.10. The third-order valence-corrected chi connectivity index (χ3v) is 4.22. The van der Waals surface area contributed by atoms with Gasteiger partial charge in [0, 0.05) is 11.8 Å². The molecule has 0 radical (unpaired) electrons. The van der Waals surface area contributed by atoms with Crippen LogP contribution in [0.2, 0.25) is 0 Å². The molecule has 2 rings (SSSR count). The molecule has 0 aromatic heterocycles. The van der Waals surface area contributed by atoms with Crippen molar-refractivity contribution in [1.82, 2.24) is 0 Å². The highest BCUT2D eigenvalue weighted by atomic mass is 32.2. The van der Waals surface area contributed by atoms with E-state index in [0.717, 1.165) is 37.5 Å². The number of hydrogen-bond donors (Lipinski definition) is 0. The Morgan fingerprint density at radius 2 is 2.00 bits per heavy atom. The number of carbonyl (C=O) groups excluding carboxylic acids is 1. The number of carbonyl (C=O) groups is 1. The van der Waals surface area contributed by atoms with E-state index in [2.05, 4.69) is 0 Å². The first-order valence-electron chi connectivity index (χ1n) is 6.02. The molecule has 1 aliphatic rings. The first-order valence-corrected chi connectivity index (χ1v) is 7.91. The lowest BCUT2D eigenvalue weighted by Gasteiger charge is -2.11. The Hall–Kier alpha value is -1.42. The Morgan fingerprint density at radius 3 is 2.61 bits per heavy atom. The van der Waals surface area contributed by atoms with Crippen LogP contribution in [0.3, 0.4) is 0 Å². The molecular weight excluding hydrogens is 248 g/mol. The molecule has 96 valence electrons. The summed E-state index contributed by atoms with van der Waals surface area (Å²) in [6.07, 6.45) is 7.01. The van der Waals surface area contributed by atoms with Crippen LogP contribution >= 0.6 is 0 Å². The van der Waals surface area contributed by atoms with Crippen molar-refractivity contribution < 1.29 is 13.2 Å². The minimum absolute atomic E-state index is 0.0415. The molecule has 0 unspecified atom stereocenters. The van der Waals surface area contributed by atoms with Gasteiger partial charge in [-0.3, -0.25) is 4.79 Å². The first kappa shape index (κ1) is 13.0. The smallest absolute Gasteiger partial charge is 0.188 e. The lowest BCUT2D eigenvalue weighted by molar-refractivity contribution is 0.102. The quantitative estimate of drug-likeness (QED) is 0.789. The Kier molecular flexibility index (Phi) is 3.66. The average molecular weight is 264 g/mol. The summed E-state index contributed by atoms with van der Waals surface area (Å²) in [4.78, 5) is 12.4. The van der Waals surface area contributed by atoms with Crippen molar-refractivity contribution in [2.45, 2.75) is 30.6 Å². The molecule has 0 heterocycles. The Balaban J connectivity index is 2.34. The van der Waals surface area contributed by atoms with Gasteiger partial charge in [-0.15, -0.1) is 0 Å². The normalized spacial score (nSPS) is 16.2. The molecule has 0 spiro atoms. The molecule has 1 aliphatic carbocycles. The standard InChI is InChI=1S/C14H16O3S/c1-18(16,17)13-9-5-8-12(10-13)14(15)11-6-3-2-4-7-11/h5-6,8-10H,2-4,7H2,1H3. The van der Waals surface area contributed by atoms with E-state index < -0.39 is 9.84 Å². The van der Waals surface area contributed by atoms with E-state index in [9.17, 15) is 13.2 Å². The molecule has 0 saturated carbocycles. The lowest BCUT2D eigenvalue weighted by Crippen LogP contribution is -2.07. The van der Waals surface area contributed by atoms with Gasteiger partial charge >= 0.3 is 0 Å². The summed E-state index contributed by atoms with van der Waals surface area (Å²) in [5.41, 5.74) is 1.28. The third-order valence-electron chi connectivity index (χ3n) is 3.11. The fraction of sp³-hybridized carbons (Fsp3) is 0.357. The molecule has 0 fully saturated rings. The number of sulfone groups is 1. The van der Waals surface area contributed by atoms with Gasteiger partial charge in [-0.25, -0.2) is 8.42 Å². The van der Waals surface area contributed by atoms with E-state index in [-0.39, 0.29) is 10.7 Å². The zero-order chi connectivity index (χ0) is 13.2. The van der Waals surface area contributed by atoms with E-state index in [1.165, 1.54) is 12.1 Å². The van der Waals surface area contributed by atoms with Crippen LogP contribution in [0, 0.1) is 0 Å². The van der Waals surface area contributed by atoms with Crippen molar-refractivity contribution in [3.63, 3.8) is 0 Å². The minimum Gasteiger partial charge on any atom is -0.289 e. The summed E-state index contributed by atoms with van der Waals surface area (Å²) in [5.74, 6) is -0.0415. The van der Waals surface area contributed by atoms with Crippen molar-refractivity contribution in [2.75, 3.05) is 6.26 Å². The van der Waals surface area contributed by atoms with Gasteiger partial charge < -0.3 is 0 Å². The first-order chi connectivity index (χ1) is 8.48. The zero-order valence-corrected chi connectivity index (χ0v) is 11.2. The van der Waals surface area contributed by atoms with Crippen LogP contribution in [0.15, 0.2) is 40.8 Å². The van der Waals surface area contributed by atoms with Crippen LogP contribution in [0.4, 0.5) is 0 Å².